The molecule has 1 aromatic rings. The Kier molecular flexibility index (Phi) is 5.64. The first kappa shape index (κ1) is 15.9. The molecule has 1 saturated heterocycles. The average Bonchev–Trinajstić information content (AvgIpc) is 2.40. The molecule has 1 aromatic carbocycles. The Morgan fingerprint density at radius 3 is 3.00 bits per heavy atom. The Labute approximate surface area is 128 Å². The van der Waals surface area contributed by atoms with Crippen LogP contribution in [0.25, 0.3) is 0 Å². The number of nitrogens with one attached hydrogen (secondary N) is 1. The Morgan fingerprint density at radius 2 is 2.29 bits per heavy atom. The topological polar surface area (TPSA) is 69.6 Å². The monoisotopic (exact) mass is 308 g/mol. The maximum absolute atomic E-state index is 12.1. The molecule has 5 nitrogen and oxygen atoms in total. The highest BCUT2D eigenvalue weighted by molar-refractivity contribution is 7.99. The summed E-state index contributed by atoms with van der Waals surface area (Å²) in [7, 11) is 0. The van der Waals surface area contributed by atoms with Crippen molar-refractivity contribution in [2.45, 2.75) is 19.4 Å². The van der Waals surface area contributed by atoms with Crippen molar-refractivity contribution in [2.75, 3.05) is 29.9 Å². The van der Waals surface area contributed by atoms with Crippen molar-refractivity contribution >= 4 is 29.3 Å². The molecule has 0 radical (unpaired) electrons. The molecule has 1 atom stereocenters. The summed E-state index contributed by atoms with van der Waals surface area (Å²) in [6.45, 7) is 2.97. The van der Waals surface area contributed by atoms with Crippen molar-refractivity contribution in [3.63, 3.8) is 0 Å². The van der Waals surface area contributed by atoms with Crippen LogP contribution in [0.15, 0.2) is 24.3 Å². The highest BCUT2D eigenvalue weighted by Gasteiger charge is 2.26. The van der Waals surface area contributed by atoms with Crippen molar-refractivity contribution in [1.29, 1.82) is 0 Å². The van der Waals surface area contributed by atoms with Gasteiger partial charge in [-0.15, -0.1) is 0 Å². The molecule has 0 aromatic heterocycles. The van der Waals surface area contributed by atoms with Gasteiger partial charge in [0.2, 0.25) is 5.91 Å². The van der Waals surface area contributed by atoms with E-state index in [2.05, 4.69) is 5.32 Å². The molecule has 0 spiro atoms. The minimum Gasteiger partial charge on any atom is -0.481 e. The van der Waals surface area contributed by atoms with E-state index in [1.165, 1.54) is 0 Å². The fourth-order valence-electron chi connectivity index (χ4n) is 2.39. The summed E-state index contributed by atoms with van der Waals surface area (Å²) < 4.78 is 0. The second-order valence-corrected chi connectivity index (χ2v) is 6.36. The van der Waals surface area contributed by atoms with Gasteiger partial charge >= 0.3 is 5.97 Å². The Bertz CT molecular complexity index is 521. The van der Waals surface area contributed by atoms with Gasteiger partial charge in [0.1, 0.15) is 0 Å². The van der Waals surface area contributed by atoms with Gasteiger partial charge in [-0.1, -0.05) is 12.1 Å². The molecular weight excluding hydrogens is 288 g/mol. The standard InChI is InChI=1S/C15H20N2O3S/c1-11-3-2-4-12(7-11)16-14(18)9-17-5-6-21-10-13(17)8-15(19)20/h2-4,7,13H,5-6,8-10H2,1H3,(H,16,18)(H,19,20). The number of hydrogen-bond acceptors (Lipinski definition) is 4. The number of carbonyl (C=O) groups excluding carboxylic acids is 1. The summed E-state index contributed by atoms with van der Waals surface area (Å²) in [4.78, 5) is 25.0. The molecule has 0 bridgehead atoms. The number of carboxylic acids is 1. The van der Waals surface area contributed by atoms with E-state index in [0.29, 0.717) is 0 Å². The lowest BCUT2D eigenvalue weighted by Gasteiger charge is -2.33. The van der Waals surface area contributed by atoms with Gasteiger partial charge in [-0.3, -0.25) is 14.5 Å². The third kappa shape index (κ3) is 5.06. The van der Waals surface area contributed by atoms with Gasteiger partial charge in [0.15, 0.2) is 0 Å². The number of amides is 1. The summed E-state index contributed by atoms with van der Waals surface area (Å²) in [5, 5.41) is 11.8. The highest BCUT2D eigenvalue weighted by atomic mass is 32.2. The molecule has 1 amide bonds. The van der Waals surface area contributed by atoms with Crippen molar-refractivity contribution in [3.05, 3.63) is 29.8 Å². The van der Waals surface area contributed by atoms with E-state index in [0.717, 1.165) is 29.3 Å². The van der Waals surface area contributed by atoms with Crippen LogP contribution in [0.1, 0.15) is 12.0 Å². The lowest BCUT2D eigenvalue weighted by Crippen LogP contribution is -2.47. The zero-order chi connectivity index (χ0) is 15.2. The number of hydrogen-bond donors (Lipinski definition) is 2. The molecule has 2 N–H and O–H groups in total. The Balaban J connectivity index is 1.92. The van der Waals surface area contributed by atoms with Crippen molar-refractivity contribution in [2.24, 2.45) is 0 Å². The highest BCUT2D eigenvalue weighted by Crippen LogP contribution is 2.19. The van der Waals surface area contributed by atoms with Gasteiger partial charge in [0.25, 0.3) is 0 Å². The van der Waals surface area contributed by atoms with Crippen LogP contribution < -0.4 is 5.32 Å². The molecular formula is C15H20N2O3S. The number of carbonyl (C=O) groups is 2. The van der Waals surface area contributed by atoms with Crippen molar-refractivity contribution in [3.8, 4) is 0 Å². The normalized spacial score (nSPS) is 19.2. The lowest BCUT2D eigenvalue weighted by atomic mass is 10.2. The minimum absolute atomic E-state index is 0.0653. The molecule has 21 heavy (non-hydrogen) atoms. The van der Waals surface area contributed by atoms with Gasteiger partial charge in [-0.25, -0.2) is 0 Å². The third-order valence-corrected chi connectivity index (χ3v) is 4.50. The fraction of sp³-hybridized carbons (Fsp3) is 0.467. The number of aryl methyl sites for hydroxylation is 1. The van der Waals surface area contributed by atoms with Gasteiger partial charge in [-0.2, -0.15) is 11.8 Å². The van der Waals surface area contributed by atoms with Crippen LogP contribution in [0.4, 0.5) is 5.69 Å². The molecule has 114 valence electrons. The summed E-state index contributed by atoms with van der Waals surface area (Å²) >= 11 is 1.75. The Hall–Kier alpha value is -1.53. The zero-order valence-corrected chi connectivity index (χ0v) is 12.9. The van der Waals surface area contributed by atoms with Crippen LogP contribution in [0.5, 0.6) is 0 Å². The molecule has 1 aliphatic rings. The maximum atomic E-state index is 12.1. The fourth-order valence-corrected chi connectivity index (χ4v) is 3.53. The first-order valence-corrected chi connectivity index (χ1v) is 8.10. The second-order valence-electron chi connectivity index (χ2n) is 5.21. The zero-order valence-electron chi connectivity index (χ0n) is 12.0. The first-order chi connectivity index (χ1) is 10.0. The number of nitrogens with zero attached hydrogens (tertiary/aromatic N) is 1. The number of thioether (sulfide) groups is 1. The van der Waals surface area contributed by atoms with E-state index in [4.69, 9.17) is 5.11 Å². The number of anilines is 1. The quantitative estimate of drug-likeness (QED) is 0.868. The van der Waals surface area contributed by atoms with Crippen LogP contribution in [-0.4, -0.2) is 52.5 Å². The number of carboxylic acid groups (broad SMARTS) is 1. The molecule has 1 unspecified atom stereocenters. The second kappa shape index (κ2) is 7.47. The van der Waals surface area contributed by atoms with E-state index < -0.39 is 5.97 Å². The number of benzene rings is 1. The summed E-state index contributed by atoms with van der Waals surface area (Å²) in [5.41, 5.74) is 1.87. The number of aliphatic carboxylic acids is 1. The van der Waals surface area contributed by atoms with Gasteiger partial charge in [-0.05, 0) is 24.6 Å². The predicted octanol–water partition coefficient (Wildman–Crippen LogP) is 1.83. The summed E-state index contributed by atoms with van der Waals surface area (Å²) in [6, 6.07) is 7.57. The van der Waals surface area contributed by atoms with E-state index in [-0.39, 0.29) is 24.9 Å². The van der Waals surface area contributed by atoms with E-state index in [1.54, 1.807) is 11.8 Å². The molecule has 0 aliphatic carbocycles. The molecule has 6 heteroatoms. The van der Waals surface area contributed by atoms with Gasteiger partial charge < -0.3 is 10.4 Å². The van der Waals surface area contributed by atoms with Crippen molar-refractivity contribution < 1.29 is 14.7 Å². The molecule has 1 heterocycles. The number of rotatable bonds is 5. The maximum Gasteiger partial charge on any atom is 0.304 e. The van der Waals surface area contributed by atoms with Crippen LogP contribution in [0.2, 0.25) is 0 Å². The predicted molar refractivity (Wildman–Crippen MR) is 84.7 cm³/mol. The van der Waals surface area contributed by atoms with Crippen LogP contribution in [-0.2, 0) is 9.59 Å². The molecule has 0 saturated carbocycles. The average molecular weight is 308 g/mol. The Morgan fingerprint density at radius 1 is 1.48 bits per heavy atom. The van der Waals surface area contributed by atoms with E-state index in [9.17, 15) is 9.59 Å². The SMILES string of the molecule is Cc1cccc(NC(=O)CN2CCSCC2CC(=O)O)c1. The lowest BCUT2D eigenvalue weighted by molar-refractivity contribution is -0.138. The summed E-state index contributed by atoms with van der Waals surface area (Å²) in [5.74, 6) is 0.798. The van der Waals surface area contributed by atoms with Crippen LogP contribution in [0.3, 0.4) is 0 Å². The largest absolute Gasteiger partial charge is 0.481 e. The molecule has 1 fully saturated rings. The van der Waals surface area contributed by atoms with Crippen LogP contribution >= 0.6 is 11.8 Å². The minimum atomic E-state index is -0.813. The van der Waals surface area contributed by atoms with Gasteiger partial charge in [0.05, 0.1) is 13.0 Å². The molecule has 1 aliphatic heterocycles. The smallest absolute Gasteiger partial charge is 0.304 e. The third-order valence-electron chi connectivity index (χ3n) is 3.41. The summed E-state index contributed by atoms with van der Waals surface area (Å²) in [6.07, 6.45) is 0.0880. The van der Waals surface area contributed by atoms with E-state index in [1.807, 2.05) is 36.1 Å². The van der Waals surface area contributed by atoms with Crippen molar-refractivity contribution in [1.82, 2.24) is 4.90 Å². The van der Waals surface area contributed by atoms with E-state index >= 15 is 0 Å². The van der Waals surface area contributed by atoms with Gasteiger partial charge in [0, 0.05) is 29.8 Å². The molecule has 2 rings (SSSR count). The first-order valence-electron chi connectivity index (χ1n) is 6.94. The van der Waals surface area contributed by atoms with Crippen LogP contribution in [0, 0.1) is 6.92 Å².